The molecular weight excluding hydrogens is 411 g/mol. The fourth-order valence-corrected chi connectivity index (χ4v) is 4.18. The summed E-state index contributed by atoms with van der Waals surface area (Å²) >= 11 is 0. The largest absolute Gasteiger partial charge is 0.377 e. The lowest BCUT2D eigenvalue weighted by Gasteiger charge is -2.24. The van der Waals surface area contributed by atoms with Gasteiger partial charge in [-0.15, -0.1) is 10.2 Å². The lowest BCUT2D eigenvalue weighted by molar-refractivity contribution is 0.0762. The zero-order chi connectivity index (χ0) is 22.1. The third kappa shape index (κ3) is 3.54. The summed E-state index contributed by atoms with van der Waals surface area (Å²) in [5.74, 6) is 0.603. The maximum Gasteiger partial charge on any atom is 0.256 e. The number of aromatic nitrogens is 4. The molecule has 5 rings (SSSR count). The van der Waals surface area contributed by atoms with Gasteiger partial charge in [-0.3, -0.25) is 4.79 Å². The van der Waals surface area contributed by atoms with Crippen molar-refractivity contribution in [1.29, 1.82) is 0 Å². The van der Waals surface area contributed by atoms with Gasteiger partial charge in [-0.05, 0) is 30.7 Å². The van der Waals surface area contributed by atoms with E-state index in [4.69, 9.17) is 9.72 Å². The molecule has 2 aromatic heterocycles. The Morgan fingerprint density at radius 1 is 1.03 bits per heavy atom. The van der Waals surface area contributed by atoms with Gasteiger partial charge in [0.2, 0.25) is 5.95 Å². The molecule has 0 saturated carbocycles. The van der Waals surface area contributed by atoms with Gasteiger partial charge >= 0.3 is 0 Å². The molecule has 2 aromatic carbocycles. The van der Waals surface area contributed by atoms with Crippen molar-refractivity contribution in [2.45, 2.75) is 13.0 Å². The van der Waals surface area contributed by atoms with E-state index in [1.165, 1.54) is 12.1 Å². The molecular formula is C23H23FN6O2. The third-order valence-corrected chi connectivity index (χ3v) is 5.74. The van der Waals surface area contributed by atoms with Crippen LogP contribution in [0, 0.1) is 5.82 Å². The molecule has 1 aliphatic heterocycles. The first-order valence-electron chi connectivity index (χ1n) is 10.6. The Hall–Kier alpha value is -3.59. The summed E-state index contributed by atoms with van der Waals surface area (Å²) in [5.41, 5.74) is 1.66. The molecule has 164 valence electrons. The Morgan fingerprint density at radius 3 is 2.69 bits per heavy atom. The number of fused-ring (bicyclic) bond motifs is 3. The molecule has 3 heterocycles. The van der Waals surface area contributed by atoms with Gasteiger partial charge in [0.05, 0.1) is 11.1 Å². The smallest absolute Gasteiger partial charge is 0.256 e. The number of carbonyl (C=O) groups excluding carboxylic acids is 1. The second-order valence-corrected chi connectivity index (χ2v) is 7.75. The summed E-state index contributed by atoms with van der Waals surface area (Å²) < 4.78 is 21.4. The normalized spacial score (nSPS) is 14.8. The van der Waals surface area contributed by atoms with Crippen molar-refractivity contribution in [2.24, 2.45) is 0 Å². The minimum absolute atomic E-state index is 0.105. The van der Waals surface area contributed by atoms with E-state index >= 15 is 0 Å². The summed E-state index contributed by atoms with van der Waals surface area (Å²) in [4.78, 5) is 21.7. The number of rotatable bonds is 4. The number of ether oxygens (including phenoxy) is 1. The predicted molar refractivity (Wildman–Crippen MR) is 118 cm³/mol. The highest BCUT2D eigenvalue weighted by Crippen LogP contribution is 2.25. The molecule has 32 heavy (non-hydrogen) atoms. The van der Waals surface area contributed by atoms with Crippen LogP contribution in [-0.2, 0) is 11.3 Å². The Morgan fingerprint density at radius 2 is 1.84 bits per heavy atom. The number of methoxy groups -OCH3 is 1. The van der Waals surface area contributed by atoms with Crippen molar-refractivity contribution in [1.82, 2.24) is 24.5 Å². The van der Waals surface area contributed by atoms with Gasteiger partial charge in [-0.1, -0.05) is 24.3 Å². The second kappa shape index (κ2) is 8.51. The number of para-hydroxylation sites is 1. The Balaban J connectivity index is 1.49. The number of halogens is 1. The van der Waals surface area contributed by atoms with Crippen LogP contribution in [0.1, 0.15) is 22.6 Å². The molecule has 4 aromatic rings. The van der Waals surface area contributed by atoms with Crippen LogP contribution < -0.4 is 4.90 Å². The average molecular weight is 434 g/mol. The Labute approximate surface area is 184 Å². The minimum atomic E-state index is -0.495. The van der Waals surface area contributed by atoms with Crippen LogP contribution in [0.25, 0.3) is 16.6 Å². The molecule has 0 unspecified atom stereocenters. The number of carbonyl (C=O) groups is 1. The van der Waals surface area contributed by atoms with Crippen LogP contribution in [-0.4, -0.2) is 63.7 Å². The average Bonchev–Trinajstić information content (AvgIpc) is 3.08. The molecule has 0 spiro atoms. The van der Waals surface area contributed by atoms with Crippen LogP contribution in [0.5, 0.6) is 0 Å². The van der Waals surface area contributed by atoms with Crippen molar-refractivity contribution in [3.05, 3.63) is 65.7 Å². The fraction of sp³-hybridized carbons (Fsp3) is 0.304. The first-order valence-corrected chi connectivity index (χ1v) is 10.6. The highest BCUT2D eigenvalue weighted by Gasteiger charge is 2.25. The monoisotopic (exact) mass is 434 g/mol. The van der Waals surface area contributed by atoms with E-state index in [2.05, 4.69) is 15.1 Å². The summed E-state index contributed by atoms with van der Waals surface area (Å²) in [6.45, 7) is 2.58. The number of benzene rings is 2. The van der Waals surface area contributed by atoms with Gasteiger partial charge in [-0.25, -0.2) is 13.8 Å². The summed E-state index contributed by atoms with van der Waals surface area (Å²) in [6.07, 6.45) is 0.734. The van der Waals surface area contributed by atoms with Gasteiger partial charge in [-0.2, -0.15) is 0 Å². The molecule has 8 nitrogen and oxygen atoms in total. The lowest BCUT2D eigenvalue weighted by Crippen LogP contribution is -2.36. The summed E-state index contributed by atoms with van der Waals surface area (Å²) in [7, 11) is 1.62. The molecule has 9 heteroatoms. The molecule has 1 aliphatic rings. The molecule has 0 aliphatic carbocycles. The van der Waals surface area contributed by atoms with E-state index in [-0.39, 0.29) is 11.5 Å². The van der Waals surface area contributed by atoms with Gasteiger partial charge in [0.15, 0.2) is 11.5 Å². The van der Waals surface area contributed by atoms with Gasteiger partial charge in [0, 0.05) is 38.7 Å². The number of hydrogen-bond donors (Lipinski definition) is 0. The van der Waals surface area contributed by atoms with E-state index in [1.54, 1.807) is 24.1 Å². The van der Waals surface area contributed by atoms with Crippen molar-refractivity contribution >= 4 is 28.4 Å². The molecule has 1 fully saturated rings. The van der Waals surface area contributed by atoms with Crippen molar-refractivity contribution < 1.29 is 13.9 Å². The number of hydrogen-bond acceptors (Lipinski definition) is 6. The zero-order valence-corrected chi connectivity index (χ0v) is 17.7. The molecule has 1 saturated heterocycles. The summed E-state index contributed by atoms with van der Waals surface area (Å²) in [5, 5.41) is 9.63. The first kappa shape index (κ1) is 20.3. The molecule has 0 N–H and O–H groups in total. The van der Waals surface area contributed by atoms with Gasteiger partial charge in [0.1, 0.15) is 12.4 Å². The van der Waals surface area contributed by atoms with Crippen LogP contribution in [0.15, 0.2) is 48.5 Å². The molecule has 0 atom stereocenters. The molecule has 0 radical (unpaired) electrons. The third-order valence-electron chi connectivity index (χ3n) is 5.74. The Kier molecular flexibility index (Phi) is 5.40. The van der Waals surface area contributed by atoms with Crippen molar-refractivity contribution in [3.8, 4) is 0 Å². The lowest BCUT2D eigenvalue weighted by atomic mass is 10.2. The molecule has 1 amide bonds. The maximum absolute atomic E-state index is 14.1. The first-order chi connectivity index (χ1) is 15.7. The zero-order valence-electron chi connectivity index (χ0n) is 17.7. The van der Waals surface area contributed by atoms with Crippen molar-refractivity contribution in [2.75, 3.05) is 38.2 Å². The van der Waals surface area contributed by atoms with Crippen LogP contribution in [0.4, 0.5) is 10.3 Å². The molecule has 0 bridgehead atoms. The van der Waals surface area contributed by atoms with Crippen molar-refractivity contribution in [3.63, 3.8) is 0 Å². The number of anilines is 1. The summed E-state index contributed by atoms with van der Waals surface area (Å²) in [6, 6.07) is 13.9. The van der Waals surface area contributed by atoms with E-state index < -0.39 is 5.82 Å². The standard InChI is InChI=1S/C23H23FN6O2/c1-32-15-20-26-27-21-17-8-3-5-10-19(17)25-23(30(20)21)29-12-6-11-28(13-14-29)22(31)16-7-2-4-9-18(16)24/h2-5,7-10H,6,11-15H2,1H3. The maximum atomic E-state index is 14.1. The van der Waals surface area contributed by atoms with Gasteiger partial charge < -0.3 is 14.5 Å². The van der Waals surface area contributed by atoms with Crippen LogP contribution >= 0.6 is 0 Å². The van der Waals surface area contributed by atoms with E-state index in [0.29, 0.717) is 38.6 Å². The fourth-order valence-electron chi connectivity index (χ4n) is 4.18. The highest BCUT2D eigenvalue weighted by molar-refractivity contribution is 5.94. The Bertz CT molecular complexity index is 1290. The number of amides is 1. The SMILES string of the molecule is COCc1nnc2c3ccccc3nc(N3CCCN(C(=O)c4ccccc4F)CC3)n12. The van der Waals surface area contributed by atoms with Crippen LogP contribution in [0.3, 0.4) is 0 Å². The van der Waals surface area contributed by atoms with Crippen LogP contribution in [0.2, 0.25) is 0 Å². The number of nitrogens with zero attached hydrogens (tertiary/aromatic N) is 6. The van der Waals surface area contributed by atoms with E-state index in [0.717, 1.165) is 28.9 Å². The second-order valence-electron chi connectivity index (χ2n) is 7.75. The predicted octanol–water partition coefficient (Wildman–Crippen LogP) is 2.92. The van der Waals surface area contributed by atoms with Gasteiger partial charge in [0.25, 0.3) is 5.91 Å². The minimum Gasteiger partial charge on any atom is -0.377 e. The van der Waals surface area contributed by atoms with E-state index in [1.807, 2.05) is 28.7 Å². The topological polar surface area (TPSA) is 75.9 Å². The quantitative estimate of drug-likeness (QED) is 0.492. The van der Waals surface area contributed by atoms with E-state index in [9.17, 15) is 9.18 Å². The highest BCUT2D eigenvalue weighted by atomic mass is 19.1.